The van der Waals surface area contributed by atoms with E-state index in [1.165, 1.54) is 7.11 Å². The molecule has 0 saturated heterocycles. The highest BCUT2D eigenvalue weighted by molar-refractivity contribution is 9.11. The van der Waals surface area contributed by atoms with Gasteiger partial charge in [0.15, 0.2) is 0 Å². The summed E-state index contributed by atoms with van der Waals surface area (Å²) in [6.07, 6.45) is 5.11. The number of rotatable bonds is 7. The number of aromatic nitrogens is 1. The Bertz CT molecular complexity index is 400. The number of ether oxygens (including phenoxy) is 1. The summed E-state index contributed by atoms with van der Waals surface area (Å²) >= 11 is 6.80. The maximum Gasteiger partial charge on any atom is 0.305 e. The molecule has 6 heteroatoms. The number of esters is 1. The molecular formula is C12H16Br2N2O2. The van der Waals surface area contributed by atoms with Crippen LogP contribution in [0.25, 0.3) is 0 Å². The van der Waals surface area contributed by atoms with E-state index in [1.807, 2.05) is 6.07 Å². The minimum Gasteiger partial charge on any atom is -0.469 e. The van der Waals surface area contributed by atoms with Crippen LogP contribution < -0.4 is 5.32 Å². The van der Waals surface area contributed by atoms with Crippen molar-refractivity contribution in [3.05, 3.63) is 21.2 Å². The van der Waals surface area contributed by atoms with Crippen LogP contribution in [0.15, 0.2) is 21.2 Å². The van der Waals surface area contributed by atoms with E-state index in [0.717, 1.165) is 40.6 Å². The average molecular weight is 380 g/mol. The van der Waals surface area contributed by atoms with Gasteiger partial charge in [0.25, 0.3) is 0 Å². The third-order valence-corrected chi connectivity index (χ3v) is 3.42. The van der Waals surface area contributed by atoms with E-state index in [2.05, 4.69) is 46.9 Å². The Morgan fingerprint density at radius 2 is 2.17 bits per heavy atom. The summed E-state index contributed by atoms with van der Waals surface area (Å²) in [5.74, 6) is 0.700. The Kier molecular flexibility index (Phi) is 7.27. The van der Waals surface area contributed by atoms with Crippen LogP contribution in [0.3, 0.4) is 0 Å². The predicted molar refractivity (Wildman–Crippen MR) is 78.6 cm³/mol. The number of anilines is 1. The normalized spacial score (nSPS) is 10.2. The first-order valence-corrected chi connectivity index (χ1v) is 7.34. The fourth-order valence-corrected chi connectivity index (χ4v) is 2.55. The van der Waals surface area contributed by atoms with Gasteiger partial charge in [-0.2, -0.15) is 0 Å². The molecule has 1 heterocycles. The molecule has 0 amide bonds. The van der Waals surface area contributed by atoms with Crippen molar-refractivity contribution in [2.45, 2.75) is 25.7 Å². The van der Waals surface area contributed by atoms with E-state index >= 15 is 0 Å². The number of nitrogens with one attached hydrogen (secondary N) is 1. The molecule has 0 unspecified atom stereocenters. The number of carbonyl (C=O) groups is 1. The molecule has 1 rings (SSSR count). The van der Waals surface area contributed by atoms with Gasteiger partial charge in [-0.25, -0.2) is 4.98 Å². The summed E-state index contributed by atoms with van der Waals surface area (Å²) in [4.78, 5) is 15.1. The highest BCUT2D eigenvalue weighted by Crippen LogP contribution is 2.23. The first-order valence-electron chi connectivity index (χ1n) is 5.75. The lowest BCUT2D eigenvalue weighted by Gasteiger charge is -2.07. The second kappa shape index (κ2) is 8.48. The molecule has 0 radical (unpaired) electrons. The average Bonchev–Trinajstić information content (AvgIpc) is 2.35. The molecule has 0 bridgehead atoms. The van der Waals surface area contributed by atoms with Crippen molar-refractivity contribution in [3.63, 3.8) is 0 Å². The van der Waals surface area contributed by atoms with Gasteiger partial charge in [0.05, 0.1) is 11.6 Å². The minimum atomic E-state index is -0.139. The molecule has 1 aromatic rings. The van der Waals surface area contributed by atoms with Crippen molar-refractivity contribution in [2.24, 2.45) is 0 Å². The Balaban J connectivity index is 2.16. The molecule has 0 atom stereocenters. The van der Waals surface area contributed by atoms with Crippen molar-refractivity contribution < 1.29 is 9.53 Å². The largest absolute Gasteiger partial charge is 0.469 e. The van der Waals surface area contributed by atoms with Crippen molar-refractivity contribution in [1.82, 2.24) is 4.98 Å². The van der Waals surface area contributed by atoms with Gasteiger partial charge in [-0.15, -0.1) is 0 Å². The van der Waals surface area contributed by atoms with Crippen LogP contribution in [-0.2, 0) is 9.53 Å². The van der Waals surface area contributed by atoms with E-state index in [0.29, 0.717) is 6.42 Å². The number of carbonyl (C=O) groups excluding carboxylic acids is 1. The Morgan fingerprint density at radius 3 is 2.83 bits per heavy atom. The molecule has 0 aliphatic rings. The maximum atomic E-state index is 10.9. The maximum absolute atomic E-state index is 10.9. The number of nitrogens with zero attached hydrogens (tertiary/aromatic N) is 1. The Morgan fingerprint density at radius 1 is 1.39 bits per heavy atom. The number of halogens is 2. The molecular weight excluding hydrogens is 364 g/mol. The SMILES string of the molecule is COC(=O)CCCCCNc1ncc(Br)cc1Br. The van der Waals surface area contributed by atoms with E-state index in [4.69, 9.17) is 0 Å². The van der Waals surface area contributed by atoms with Crippen molar-refractivity contribution in [2.75, 3.05) is 19.0 Å². The number of methoxy groups -OCH3 is 1. The molecule has 100 valence electrons. The summed E-state index contributed by atoms with van der Waals surface area (Å²) in [7, 11) is 1.42. The van der Waals surface area contributed by atoms with Crippen LogP contribution in [0.2, 0.25) is 0 Å². The van der Waals surface area contributed by atoms with Crippen molar-refractivity contribution in [3.8, 4) is 0 Å². The van der Waals surface area contributed by atoms with Crippen LogP contribution in [0.4, 0.5) is 5.82 Å². The van der Waals surface area contributed by atoms with Crippen LogP contribution >= 0.6 is 31.9 Å². The van der Waals surface area contributed by atoms with E-state index in [-0.39, 0.29) is 5.97 Å². The third-order valence-electron chi connectivity index (χ3n) is 2.39. The lowest BCUT2D eigenvalue weighted by Crippen LogP contribution is -2.05. The van der Waals surface area contributed by atoms with E-state index in [9.17, 15) is 4.79 Å². The standard InChI is InChI=1S/C12H16Br2N2O2/c1-18-11(17)5-3-2-4-6-15-12-10(14)7-9(13)8-16-12/h7-8H,2-6H2,1H3,(H,15,16). The lowest BCUT2D eigenvalue weighted by atomic mass is 10.2. The van der Waals surface area contributed by atoms with Gasteiger partial charge in [0, 0.05) is 23.6 Å². The Hall–Kier alpha value is -0.620. The zero-order valence-corrected chi connectivity index (χ0v) is 13.4. The molecule has 0 aliphatic carbocycles. The smallest absolute Gasteiger partial charge is 0.305 e. The summed E-state index contributed by atoms with van der Waals surface area (Å²) in [5.41, 5.74) is 0. The molecule has 18 heavy (non-hydrogen) atoms. The monoisotopic (exact) mass is 378 g/mol. The summed E-state index contributed by atoms with van der Waals surface area (Å²) in [6.45, 7) is 0.842. The van der Waals surface area contributed by atoms with Crippen molar-refractivity contribution in [1.29, 1.82) is 0 Å². The predicted octanol–water partition coefficient (Wildman–Crippen LogP) is 3.75. The van der Waals surface area contributed by atoms with E-state index in [1.54, 1.807) is 6.20 Å². The van der Waals surface area contributed by atoms with Gasteiger partial charge >= 0.3 is 5.97 Å². The van der Waals surface area contributed by atoms with Gasteiger partial charge in [0.1, 0.15) is 5.82 Å². The molecule has 0 aliphatic heterocycles. The number of pyridine rings is 1. The van der Waals surface area contributed by atoms with Crippen LogP contribution in [-0.4, -0.2) is 24.6 Å². The van der Waals surface area contributed by atoms with Gasteiger partial charge in [0.2, 0.25) is 0 Å². The van der Waals surface area contributed by atoms with Gasteiger partial charge < -0.3 is 10.1 Å². The molecule has 0 spiro atoms. The van der Waals surface area contributed by atoms with Crippen LogP contribution in [0, 0.1) is 0 Å². The summed E-state index contributed by atoms with van der Waals surface area (Å²) in [5, 5.41) is 3.25. The van der Waals surface area contributed by atoms with Gasteiger partial charge in [-0.05, 0) is 50.8 Å². The summed E-state index contributed by atoms with van der Waals surface area (Å²) < 4.78 is 6.46. The third kappa shape index (κ3) is 5.82. The second-order valence-electron chi connectivity index (χ2n) is 3.80. The molecule has 1 N–H and O–H groups in total. The van der Waals surface area contributed by atoms with Gasteiger partial charge in [-0.1, -0.05) is 6.42 Å². The molecule has 0 fully saturated rings. The zero-order valence-electron chi connectivity index (χ0n) is 10.2. The topological polar surface area (TPSA) is 51.2 Å². The summed E-state index contributed by atoms with van der Waals surface area (Å²) in [6, 6.07) is 1.95. The first-order chi connectivity index (χ1) is 8.63. The first kappa shape index (κ1) is 15.4. The fraction of sp³-hybridized carbons (Fsp3) is 0.500. The molecule has 1 aromatic heterocycles. The highest BCUT2D eigenvalue weighted by atomic mass is 79.9. The second-order valence-corrected chi connectivity index (χ2v) is 5.57. The number of hydrogen-bond donors (Lipinski definition) is 1. The molecule has 0 saturated carbocycles. The van der Waals surface area contributed by atoms with E-state index < -0.39 is 0 Å². The minimum absolute atomic E-state index is 0.139. The van der Waals surface area contributed by atoms with Crippen LogP contribution in [0.5, 0.6) is 0 Å². The number of hydrogen-bond acceptors (Lipinski definition) is 4. The molecule has 4 nitrogen and oxygen atoms in total. The molecule has 0 aromatic carbocycles. The number of unbranched alkanes of at least 4 members (excludes halogenated alkanes) is 2. The Labute approximate surface area is 124 Å². The van der Waals surface area contributed by atoms with Crippen LogP contribution in [0.1, 0.15) is 25.7 Å². The van der Waals surface area contributed by atoms with Gasteiger partial charge in [-0.3, -0.25) is 4.79 Å². The highest BCUT2D eigenvalue weighted by Gasteiger charge is 2.02. The fourth-order valence-electron chi connectivity index (χ4n) is 1.42. The zero-order chi connectivity index (χ0) is 13.4. The lowest BCUT2D eigenvalue weighted by molar-refractivity contribution is -0.140. The van der Waals surface area contributed by atoms with Crippen molar-refractivity contribution >= 4 is 43.6 Å². The quantitative estimate of drug-likeness (QED) is 0.579.